The summed E-state index contributed by atoms with van der Waals surface area (Å²) in [6, 6.07) is 27.6. The monoisotopic (exact) mass is 490 g/mol. The maximum Gasteiger partial charge on any atom is 0.236 e. The van der Waals surface area contributed by atoms with Gasteiger partial charge >= 0.3 is 0 Å². The Hall–Kier alpha value is -3.20. The highest BCUT2D eigenvalue weighted by molar-refractivity contribution is 8.00. The van der Waals surface area contributed by atoms with Crippen molar-refractivity contribution in [2.75, 3.05) is 21.7 Å². The zero-order valence-electron chi connectivity index (χ0n) is 17.9. The zero-order valence-corrected chi connectivity index (χ0v) is 20.3. The number of aromatic nitrogens is 1. The van der Waals surface area contributed by atoms with E-state index in [9.17, 15) is 4.79 Å². The van der Waals surface area contributed by atoms with Crippen LogP contribution in [0.15, 0.2) is 89.8 Å². The first-order valence-corrected chi connectivity index (χ1v) is 12.5. The molecule has 166 valence electrons. The second kappa shape index (κ2) is 11.1. The molecule has 0 radical (unpaired) electrons. The molecule has 3 aromatic carbocycles. The second-order valence-corrected chi connectivity index (χ2v) is 9.76. The minimum Gasteiger partial charge on any atom is -0.332 e. The van der Waals surface area contributed by atoms with Crippen LogP contribution < -0.4 is 16.0 Å². The zero-order chi connectivity index (χ0) is 23.0. The number of nitrogens with zero attached hydrogens (tertiary/aromatic N) is 1. The van der Waals surface area contributed by atoms with Crippen molar-refractivity contribution >= 4 is 62.8 Å². The third-order valence-electron chi connectivity index (χ3n) is 4.60. The van der Waals surface area contributed by atoms with Gasteiger partial charge in [0.25, 0.3) is 0 Å². The van der Waals surface area contributed by atoms with Crippen molar-refractivity contribution in [1.82, 2.24) is 4.98 Å². The molecular formula is C25H22N4OS3. The molecule has 1 heterocycles. The molecule has 4 aromatic rings. The highest BCUT2D eigenvalue weighted by atomic mass is 32.2. The molecule has 0 aliphatic carbocycles. The lowest BCUT2D eigenvalue weighted by Crippen LogP contribution is -2.18. The van der Waals surface area contributed by atoms with Crippen molar-refractivity contribution in [1.29, 1.82) is 0 Å². The van der Waals surface area contributed by atoms with Crippen LogP contribution in [0.2, 0.25) is 0 Å². The summed E-state index contributed by atoms with van der Waals surface area (Å²) in [5.74, 6) is 0.226. The Morgan fingerprint density at radius 1 is 0.879 bits per heavy atom. The lowest BCUT2D eigenvalue weighted by atomic mass is 10.1. The molecule has 1 amide bonds. The number of rotatable bonds is 7. The number of hydrogen-bond acceptors (Lipinski definition) is 5. The molecule has 0 saturated carbocycles. The van der Waals surface area contributed by atoms with E-state index < -0.39 is 0 Å². The van der Waals surface area contributed by atoms with Gasteiger partial charge in [-0.3, -0.25) is 4.79 Å². The Labute approximate surface area is 206 Å². The highest BCUT2D eigenvalue weighted by Gasteiger charge is 2.12. The number of nitrogens with one attached hydrogen (secondary N) is 3. The van der Waals surface area contributed by atoms with Crippen LogP contribution in [0, 0.1) is 6.92 Å². The van der Waals surface area contributed by atoms with E-state index in [4.69, 9.17) is 12.2 Å². The molecule has 4 rings (SSSR count). The Morgan fingerprint density at radius 3 is 2.15 bits per heavy atom. The van der Waals surface area contributed by atoms with Gasteiger partial charge < -0.3 is 16.0 Å². The van der Waals surface area contributed by atoms with Crippen LogP contribution in [-0.4, -0.2) is 21.8 Å². The number of hydrogen-bond donors (Lipinski definition) is 3. The van der Waals surface area contributed by atoms with Crippen molar-refractivity contribution in [3.8, 4) is 11.3 Å². The van der Waals surface area contributed by atoms with Gasteiger partial charge in [-0.25, -0.2) is 4.98 Å². The van der Waals surface area contributed by atoms with Gasteiger partial charge in [0.1, 0.15) is 0 Å². The standard InChI is InChI=1S/C25H22N4OS3/c1-17-23(18-8-4-2-5-9-18)29-25(33-17)28-22(30)16-32-21-14-12-20(13-15-21)27-24(31)26-19-10-6-3-7-11-19/h2-15H,16H2,1H3,(H2,26,27,31)(H,28,29,30). The van der Waals surface area contributed by atoms with E-state index in [1.165, 1.54) is 23.1 Å². The molecule has 33 heavy (non-hydrogen) atoms. The van der Waals surface area contributed by atoms with Gasteiger partial charge in [-0.2, -0.15) is 0 Å². The Kier molecular flexibility index (Phi) is 7.72. The summed E-state index contributed by atoms with van der Waals surface area (Å²) < 4.78 is 0. The molecule has 0 fully saturated rings. The summed E-state index contributed by atoms with van der Waals surface area (Å²) in [6.45, 7) is 2.01. The van der Waals surface area contributed by atoms with Crippen LogP contribution in [0.4, 0.5) is 16.5 Å². The maximum absolute atomic E-state index is 12.4. The van der Waals surface area contributed by atoms with Gasteiger partial charge in [0, 0.05) is 26.7 Å². The van der Waals surface area contributed by atoms with Gasteiger partial charge in [0.05, 0.1) is 11.4 Å². The SMILES string of the molecule is Cc1sc(NC(=O)CSc2ccc(NC(=S)Nc3ccccc3)cc2)nc1-c1ccccc1. The first kappa shape index (κ1) is 23.0. The summed E-state index contributed by atoms with van der Waals surface area (Å²) in [7, 11) is 0. The van der Waals surface area contributed by atoms with E-state index in [2.05, 4.69) is 20.9 Å². The minimum absolute atomic E-state index is 0.0798. The summed E-state index contributed by atoms with van der Waals surface area (Å²) in [4.78, 5) is 19.1. The van der Waals surface area contributed by atoms with Crippen molar-refractivity contribution < 1.29 is 4.79 Å². The third kappa shape index (κ3) is 6.64. The Morgan fingerprint density at radius 2 is 1.48 bits per heavy atom. The molecule has 3 N–H and O–H groups in total. The molecule has 5 nitrogen and oxygen atoms in total. The molecule has 8 heteroatoms. The molecule has 0 aliphatic rings. The number of para-hydroxylation sites is 1. The van der Waals surface area contributed by atoms with E-state index in [-0.39, 0.29) is 5.91 Å². The van der Waals surface area contributed by atoms with Gasteiger partial charge in [-0.05, 0) is 55.5 Å². The second-order valence-electron chi connectivity index (χ2n) is 7.10. The highest BCUT2D eigenvalue weighted by Crippen LogP contribution is 2.30. The number of aryl methyl sites for hydroxylation is 1. The predicted octanol–water partition coefficient (Wildman–Crippen LogP) is 6.66. The number of thioether (sulfide) groups is 1. The summed E-state index contributed by atoms with van der Waals surface area (Å²) >= 11 is 8.32. The normalized spacial score (nSPS) is 10.5. The topological polar surface area (TPSA) is 66.1 Å². The summed E-state index contributed by atoms with van der Waals surface area (Å²) in [5.41, 5.74) is 3.77. The molecule has 0 bridgehead atoms. The van der Waals surface area contributed by atoms with Crippen LogP contribution in [0.5, 0.6) is 0 Å². The third-order valence-corrected chi connectivity index (χ3v) is 6.71. The number of benzene rings is 3. The molecule has 0 spiro atoms. The molecule has 0 atom stereocenters. The van der Waals surface area contributed by atoms with E-state index in [1.54, 1.807) is 0 Å². The van der Waals surface area contributed by atoms with E-state index >= 15 is 0 Å². The largest absolute Gasteiger partial charge is 0.332 e. The first-order valence-electron chi connectivity index (χ1n) is 10.3. The Balaban J connectivity index is 1.26. The number of thiocarbonyl (C=S) groups is 1. The van der Waals surface area contributed by atoms with Gasteiger partial charge in [-0.1, -0.05) is 48.5 Å². The average Bonchev–Trinajstić information content (AvgIpc) is 3.19. The van der Waals surface area contributed by atoms with Crippen LogP contribution in [0.25, 0.3) is 11.3 Å². The summed E-state index contributed by atoms with van der Waals surface area (Å²) in [5, 5.41) is 10.4. The molecule has 0 unspecified atom stereocenters. The van der Waals surface area contributed by atoms with Gasteiger partial charge in [0.15, 0.2) is 10.2 Å². The number of thiazole rings is 1. The predicted molar refractivity (Wildman–Crippen MR) is 144 cm³/mol. The molecular weight excluding hydrogens is 469 g/mol. The first-order chi connectivity index (χ1) is 16.1. The lowest BCUT2D eigenvalue weighted by molar-refractivity contribution is -0.113. The van der Waals surface area contributed by atoms with E-state index in [1.807, 2.05) is 91.9 Å². The number of anilines is 3. The van der Waals surface area contributed by atoms with Gasteiger partial charge in [0.2, 0.25) is 5.91 Å². The van der Waals surface area contributed by atoms with Crippen molar-refractivity contribution in [3.05, 3.63) is 89.8 Å². The molecule has 1 aromatic heterocycles. The molecule has 0 saturated heterocycles. The quantitative estimate of drug-likeness (QED) is 0.199. The molecule has 0 aliphatic heterocycles. The lowest BCUT2D eigenvalue weighted by Gasteiger charge is -2.11. The van der Waals surface area contributed by atoms with E-state index in [0.29, 0.717) is 16.0 Å². The Bertz CT molecular complexity index is 1230. The van der Waals surface area contributed by atoms with Crippen molar-refractivity contribution in [2.24, 2.45) is 0 Å². The van der Waals surface area contributed by atoms with Crippen molar-refractivity contribution in [3.63, 3.8) is 0 Å². The van der Waals surface area contributed by atoms with Gasteiger partial charge in [-0.15, -0.1) is 23.1 Å². The fourth-order valence-corrected chi connectivity index (χ4v) is 4.85. The van der Waals surface area contributed by atoms with Crippen LogP contribution in [-0.2, 0) is 4.79 Å². The number of carbonyl (C=O) groups excluding carboxylic acids is 1. The van der Waals surface area contributed by atoms with E-state index in [0.717, 1.165) is 32.4 Å². The minimum atomic E-state index is -0.0798. The smallest absolute Gasteiger partial charge is 0.236 e. The number of amides is 1. The van der Waals surface area contributed by atoms with Crippen LogP contribution in [0.3, 0.4) is 0 Å². The van der Waals surface area contributed by atoms with Crippen LogP contribution >= 0.6 is 35.3 Å². The van der Waals surface area contributed by atoms with Crippen LogP contribution in [0.1, 0.15) is 4.88 Å². The van der Waals surface area contributed by atoms with Crippen molar-refractivity contribution in [2.45, 2.75) is 11.8 Å². The fraction of sp³-hybridized carbons (Fsp3) is 0.0800. The summed E-state index contributed by atoms with van der Waals surface area (Å²) in [6.07, 6.45) is 0. The fourth-order valence-electron chi connectivity index (χ4n) is 3.07. The average molecular weight is 491 g/mol. The number of carbonyl (C=O) groups is 1. The maximum atomic E-state index is 12.4.